The number of carbonyl (C=O) groups is 4. The van der Waals surface area contributed by atoms with Gasteiger partial charge in [0.05, 0.1) is 35.0 Å². The number of benzene rings is 1. The first kappa shape index (κ1) is 46.4. The molecule has 344 valence electrons. The Morgan fingerprint density at radius 3 is 2.36 bits per heavy atom. The Morgan fingerprint density at radius 1 is 0.984 bits per heavy atom. The molecule has 2 aromatic heterocycles. The van der Waals surface area contributed by atoms with Crippen molar-refractivity contribution in [2.45, 2.75) is 141 Å². The lowest BCUT2D eigenvalue weighted by atomic mass is 9.88. The van der Waals surface area contributed by atoms with Gasteiger partial charge in [0.2, 0.25) is 21.8 Å². The first-order chi connectivity index (χ1) is 30.1. The van der Waals surface area contributed by atoms with Crippen molar-refractivity contribution in [3.05, 3.63) is 67.1 Å². The number of allylic oxidation sites excluding steroid dienone is 1. The monoisotopic (exact) mass is 899 g/mol. The number of rotatable bonds is 10. The van der Waals surface area contributed by atoms with Crippen molar-refractivity contribution in [2.75, 3.05) is 6.54 Å². The van der Waals surface area contributed by atoms with E-state index in [0.717, 1.165) is 12.0 Å². The molecule has 2 aliphatic heterocycles. The molecule has 2 unspecified atom stereocenters. The first-order valence-electron chi connectivity index (χ1n) is 22.2. The van der Waals surface area contributed by atoms with E-state index in [2.05, 4.69) is 32.2 Å². The summed E-state index contributed by atoms with van der Waals surface area (Å²) in [5, 5.41) is 5.76. The van der Waals surface area contributed by atoms with E-state index in [9.17, 15) is 22.8 Å². The van der Waals surface area contributed by atoms with Gasteiger partial charge in [0.15, 0.2) is 0 Å². The van der Waals surface area contributed by atoms with E-state index in [-0.39, 0.29) is 37.3 Å². The van der Waals surface area contributed by atoms with Crippen LogP contribution in [0.5, 0.6) is 11.5 Å². The number of aromatic nitrogens is 3. The van der Waals surface area contributed by atoms with Crippen molar-refractivity contribution in [1.82, 2.24) is 35.2 Å². The summed E-state index contributed by atoms with van der Waals surface area (Å²) in [5.41, 5.74) is -0.0946. The molecule has 17 heteroatoms. The lowest BCUT2D eigenvalue weighted by Crippen LogP contribution is -2.59. The molecule has 64 heavy (non-hydrogen) atoms. The SMILES string of the molecule is CC1CC/C=C\C2C[C@@]2(C(=O)NS(=O)(=O)C2(C)CC2)NC(=O)[C@@H]2C[C@@H](Oc3cc(-c4ccc(OC(C)C)cc4)nc(-c4cnccn4)c3)CN2C(=O)[C@@H](NC(=O)OC(C)(C)C)[C@H](C)C1. The molecule has 1 aromatic carbocycles. The lowest BCUT2D eigenvalue weighted by Gasteiger charge is -2.33. The van der Waals surface area contributed by atoms with E-state index >= 15 is 4.79 Å². The third-order valence-corrected chi connectivity index (χ3v) is 14.5. The maximum Gasteiger partial charge on any atom is 0.408 e. The largest absolute Gasteiger partial charge is 0.491 e. The van der Waals surface area contributed by atoms with Gasteiger partial charge < -0.3 is 29.7 Å². The summed E-state index contributed by atoms with van der Waals surface area (Å²) in [5.74, 6) is -1.60. The molecule has 3 aromatic rings. The molecule has 0 radical (unpaired) electrons. The molecule has 0 bridgehead atoms. The van der Waals surface area contributed by atoms with Gasteiger partial charge in [-0.25, -0.2) is 18.2 Å². The molecular weight excluding hydrogens is 839 g/mol. The number of fused-ring (bicyclic) bond motifs is 2. The van der Waals surface area contributed by atoms with Crippen molar-refractivity contribution in [1.29, 1.82) is 0 Å². The molecule has 4 aliphatic rings. The molecular formula is C47H61N7O9S. The van der Waals surface area contributed by atoms with Gasteiger partial charge in [0.1, 0.15) is 46.5 Å². The quantitative estimate of drug-likeness (QED) is 0.197. The second-order valence-corrected chi connectivity index (χ2v) is 21.6. The van der Waals surface area contributed by atoms with Crippen LogP contribution >= 0.6 is 0 Å². The summed E-state index contributed by atoms with van der Waals surface area (Å²) in [6, 6.07) is 8.74. The molecule has 7 rings (SSSR count). The van der Waals surface area contributed by atoms with Crippen LogP contribution in [0.1, 0.15) is 100 Å². The third-order valence-electron chi connectivity index (χ3n) is 12.4. The zero-order valence-electron chi connectivity index (χ0n) is 37.9. The third kappa shape index (κ3) is 10.7. The topological polar surface area (TPSA) is 208 Å². The number of alkyl carbamates (subject to hydrolysis) is 1. The molecule has 2 aliphatic carbocycles. The Morgan fingerprint density at radius 2 is 1.70 bits per heavy atom. The molecule has 7 atom stereocenters. The standard InChI is InChI=1S/C47H61N7O9S/c1-28(2)61-33-15-13-31(14-16-33)36-22-34(23-37(50-36)38-26-48-19-20-49-38)62-35-24-39-41(55)52-47(43(57)53-64(59,60)46(8)17-18-46)25-32(47)12-10-9-11-29(3)21-30(4)40(42(56)54(39)27-35)51-44(58)63-45(5,6)7/h10,12-16,19-20,22-23,26,28-30,32,35,39-40H,9,11,17-18,21,24-25,27H2,1-8H3,(H,51,58)(H,52,55)(H,53,57)/b12-10-/t29?,30-,32?,35-,39+,40+,47-/m1/s1. The van der Waals surface area contributed by atoms with Gasteiger partial charge >= 0.3 is 6.09 Å². The fourth-order valence-electron chi connectivity index (χ4n) is 8.48. The zero-order valence-corrected chi connectivity index (χ0v) is 38.7. The van der Waals surface area contributed by atoms with Crippen LogP contribution in [-0.2, 0) is 29.1 Å². The average Bonchev–Trinajstić information content (AvgIpc) is 4.11. The maximum absolute atomic E-state index is 15.0. The van der Waals surface area contributed by atoms with Gasteiger partial charge in [0, 0.05) is 42.4 Å². The van der Waals surface area contributed by atoms with E-state index in [1.165, 1.54) is 4.90 Å². The number of nitrogens with one attached hydrogen (secondary N) is 3. The Kier molecular flexibility index (Phi) is 13.1. The summed E-state index contributed by atoms with van der Waals surface area (Å²) in [6.07, 6.45) is 10.0. The van der Waals surface area contributed by atoms with E-state index in [4.69, 9.17) is 19.2 Å². The minimum absolute atomic E-state index is 0.00834. The summed E-state index contributed by atoms with van der Waals surface area (Å²) >= 11 is 0. The second-order valence-electron chi connectivity index (χ2n) is 19.4. The predicted molar refractivity (Wildman–Crippen MR) is 239 cm³/mol. The highest BCUT2D eigenvalue weighted by molar-refractivity contribution is 7.91. The van der Waals surface area contributed by atoms with Crippen molar-refractivity contribution >= 4 is 33.8 Å². The summed E-state index contributed by atoms with van der Waals surface area (Å²) in [4.78, 5) is 72.2. The number of hydrogen-bond donors (Lipinski definition) is 3. The number of hydrogen-bond acceptors (Lipinski definition) is 12. The number of amides is 4. The van der Waals surface area contributed by atoms with Gasteiger partial charge in [-0.3, -0.25) is 29.1 Å². The fourth-order valence-corrected chi connectivity index (χ4v) is 9.80. The maximum atomic E-state index is 15.0. The van der Waals surface area contributed by atoms with Crippen LogP contribution < -0.4 is 24.8 Å². The minimum atomic E-state index is -4.03. The van der Waals surface area contributed by atoms with Gasteiger partial charge in [0.25, 0.3) is 5.91 Å². The second kappa shape index (κ2) is 18.1. The van der Waals surface area contributed by atoms with E-state index in [0.29, 0.717) is 54.3 Å². The smallest absolute Gasteiger partial charge is 0.408 e. The van der Waals surface area contributed by atoms with Crippen LogP contribution in [0.2, 0.25) is 0 Å². The molecule has 4 heterocycles. The highest BCUT2D eigenvalue weighted by Crippen LogP contribution is 2.48. The van der Waals surface area contributed by atoms with Crippen LogP contribution in [0.3, 0.4) is 0 Å². The normalized spacial score (nSPS) is 27.4. The fraction of sp³-hybridized carbons (Fsp3) is 0.553. The van der Waals surface area contributed by atoms with Crippen LogP contribution in [0.25, 0.3) is 22.6 Å². The Bertz CT molecular complexity index is 2370. The Hall–Kier alpha value is -5.58. The number of pyridine rings is 1. The number of nitrogens with zero attached hydrogens (tertiary/aromatic N) is 4. The van der Waals surface area contributed by atoms with Crippen LogP contribution in [0, 0.1) is 17.8 Å². The van der Waals surface area contributed by atoms with Crippen LogP contribution in [0.15, 0.2) is 67.1 Å². The highest BCUT2D eigenvalue weighted by atomic mass is 32.2. The minimum Gasteiger partial charge on any atom is -0.491 e. The lowest BCUT2D eigenvalue weighted by molar-refractivity contribution is -0.142. The average molecular weight is 900 g/mol. The van der Waals surface area contributed by atoms with Gasteiger partial charge in [-0.15, -0.1) is 0 Å². The number of carbonyl (C=O) groups excluding carboxylic acids is 4. The first-order valence-corrected chi connectivity index (χ1v) is 23.7. The van der Waals surface area contributed by atoms with Crippen molar-refractivity contribution in [3.8, 4) is 34.1 Å². The van der Waals surface area contributed by atoms with E-state index in [1.807, 2.05) is 57.2 Å². The van der Waals surface area contributed by atoms with Crippen molar-refractivity contribution in [3.63, 3.8) is 0 Å². The van der Waals surface area contributed by atoms with E-state index < -0.39 is 73.8 Å². The Labute approximate surface area is 375 Å². The summed E-state index contributed by atoms with van der Waals surface area (Å²) in [6.45, 7) is 14.6. The molecule has 1 saturated heterocycles. The molecule has 0 spiro atoms. The summed E-state index contributed by atoms with van der Waals surface area (Å²) < 4.78 is 46.0. The predicted octanol–water partition coefficient (Wildman–Crippen LogP) is 6.12. The van der Waals surface area contributed by atoms with Crippen molar-refractivity contribution in [2.24, 2.45) is 17.8 Å². The van der Waals surface area contributed by atoms with Crippen LogP contribution in [-0.4, -0.2) is 98.8 Å². The van der Waals surface area contributed by atoms with Gasteiger partial charge in [-0.2, -0.15) is 0 Å². The molecule has 2 saturated carbocycles. The van der Waals surface area contributed by atoms with Crippen molar-refractivity contribution < 1.29 is 41.8 Å². The number of ether oxygens (including phenoxy) is 3. The van der Waals surface area contributed by atoms with Gasteiger partial charge in [-0.1, -0.05) is 26.0 Å². The highest BCUT2D eigenvalue weighted by Gasteiger charge is 2.63. The Balaban J connectivity index is 1.24. The summed E-state index contributed by atoms with van der Waals surface area (Å²) in [7, 11) is -4.03. The van der Waals surface area contributed by atoms with E-state index in [1.54, 1.807) is 58.4 Å². The molecule has 4 amide bonds. The number of sulfonamides is 1. The molecule has 16 nitrogen and oxygen atoms in total. The molecule has 3 fully saturated rings. The van der Waals surface area contributed by atoms with Crippen LogP contribution in [0.4, 0.5) is 4.79 Å². The van der Waals surface area contributed by atoms with Gasteiger partial charge in [-0.05, 0) is 116 Å². The molecule has 3 N–H and O–H groups in total. The zero-order chi connectivity index (χ0) is 46.2.